The Kier molecular flexibility index (Phi) is 5.69. The van der Waals surface area contributed by atoms with E-state index in [0.29, 0.717) is 11.4 Å². The lowest BCUT2D eigenvalue weighted by atomic mass is 10.1. The van der Waals surface area contributed by atoms with Gasteiger partial charge in [0.15, 0.2) is 0 Å². The van der Waals surface area contributed by atoms with Crippen molar-refractivity contribution in [2.24, 2.45) is 0 Å². The number of benzene rings is 2. The number of nitrogens with zero attached hydrogens (tertiary/aromatic N) is 1. The molecule has 0 atom stereocenters. The van der Waals surface area contributed by atoms with Crippen LogP contribution in [0.5, 0.6) is 0 Å². The zero-order chi connectivity index (χ0) is 21.1. The molecule has 8 heteroatoms. The van der Waals surface area contributed by atoms with E-state index in [1.54, 1.807) is 12.1 Å². The Hall–Kier alpha value is -2.97. The molecule has 1 aromatic heterocycles. The second-order valence-electron chi connectivity index (χ2n) is 7.17. The van der Waals surface area contributed by atoms with Crippen LogP contribution in [0.4, 0.5) is 10.1 Å². The van der Waals surface area contributed by atoms with Gasteiger partial charge in [-0.25, -0.2) is 12.8 Å². The van der Waals surface area contributed by atoms with Crippen molar-refractivity contribution in [3.05, 3.63) is 83.6 Å². The molecule has 4 rings (SSSR count). The fourth-order valence-electron chi connectivity index (χ4n) is 3.61. The quantitative estimate of drug-likeness (QED) is 0.622. The largest absolute Gasteiger partial charge is 0.468 e. The maximum atomic E-state index is 14.2. The average Bonchev–Trinajstić information content (AvgIpc) is 3.39. The summed E-state index contributed by atoms with van der Waals surface area (Å²) in [6, 6.07) is 14.0. The second kappa shape index (κ2) is 8.41. The molecule has 0 radical (unpaired) electrons. The van der Waals surface area contributed by atoms with Gasteiger partial charge in [-0.1, -0.05) is 18.2 Å². The van der Waals surface area contributed by atoms with E-state index in [1.807, 2.05) is 18.2 Å². The summed E-state index contributed by atoms with van der Waals surface area (Å²) >= 11 is 0. The molecule has 1 heterocycles. The number of carbonyl (C=O) groups excluding carboxylic acids is 1. The number of anilines is 1. The van der Waals surface area contributed by atoms with Crippen LogP contribution < -0.4 is 5.32 Å². The van der Waals surface area contributed by atoms with E-state index in [9.17, 15) is 17.6 Å². The van der Waals surface area contributed by atoms with Crippen molar-refractivity contribution in [3.8, 4) is 0 Å². The third kappa shape index (κ3) is 4.29. The number of amides is 1. The van der Waals surface area contributed by atoms with Gasteiger partial charge in [0.2, 0.25) is 15.9 Å². The van der Waals surface area contributed by atoms with Gasteiger partial charge in [-0.2, -0.15) is 4.31 Å². The predicted molar refractivity (Wildman–Crippen MR) is 110 cm³/mol. The highest BCUT2D eigenvalue weighted by molar-refractivity contribution is 7.89. The van der Waals surface area contributed by atoms with Gasteiger partial charge in [-0.05, 0) is 66.8 Å². The minimum Gasteiger partial charge on any atom is -0.468 e. The van der Waals surface area contributed by atoms with Crippen molar-refractivity contribution in [3.63, 3.8) is 0 Å². The SMILES string of the molecule is O=C(CN(Cc1ccco1)S(=O)(=O)c1ccccc1F)Nc1ccc2c(c1)CCC2. The van der Waals surface area contributed by atoms with Crippen molar-refractivity contribution < 1.29 is 22.0 Å². The predicted octanol–water partition coefficient (Wildman–Crippen LogP) is 3.74. The Labute approximate surface area is 174 Å². The molecule has 0 bridgehead atoms. The number of hydrogen-bond acceptors (Lipinski definition) is 4. The Morgan fingerprint density at radius 1 is 1.07 bits per heavy atom. The lowest BCUT2D eigenvalue weighted by Crippen LogP contribution is -2.37. The molecule has 6 nitrogen and oxygen atoms in total. The lowest BCUT2D eigenvalue weighted by Gasteiger charge is -2.21. The standard InChI is InChI=1S/C22H21FN2O4S/c23-20-8-1-2-9-21(20)30(27,28)25(14-19-7-4-12-29-19)15-22(26)24-18-11-10-16-5-3-6-17(16)13-18/h1-2,4,7-13H,3,5-6,14-15H2,(H,24,26). The van der Waals surface area contributed by atoms with Gasteiger partial charge in [-0.3, -0.25) is 4.79 Å². The third-order valence-electron chi connectivity index (χ3n) is 5.07. The minimum atomic E-state index is -4.27. The fraction of sp³-hybridized carbons (Fsp3) is 0.227. The van der Waals surface area contributed by atoms with Crippen LogP contribution in [0.25, 0.3) is 0 Å². The number of fused-ring (bicyclic) bond motifs is 1. The first kappa shape index (κ1) is 20.3. The molecule has 156 valence electrons. The van der Waals surface area contributed by atoms with E-state index in [0.717, 1.165) is 29.6 Å². The number of carbonyl (C=O) groups is 1. The van der Waals surface area contributed by atoms with Crippen LogP contribution in [0, 0.1) is 5.82 Å². The number of aryl methyl sites for hydroxylation is 2. The van der Waals surface area contributed by atoms with Crippen LogP contribution in [0.1, 0.15) is 23.3 Å². The zero-order valence-electron chi connectivity index (χ0n) is 16.2. The number of nitrogens with one attached hydrogen (secondary N) is 1. The number of halogens is 1. The first-order valence-corrected chi connectivity index (χ1v) is 11.1. The summed E-state index contributed by atoms with van der Waals surface area (Å²) in [5, 5.41) is 2.75. The summed E-state index contributed by atoms with van der Waals surface area (Å²) in [6.45, 7) is -0.671. The monoisotopic (exact) mass is 428 g/mol. The second-order valence-corrected chi connectivity index (χ2v) is 9.07. The van der Waals surface area contributed by atoms with Crippen LogP contribution >= 0.6 is 0 Å². The molecule has 1 aliphatic rings. The number of hydrogen-bond donors (Lipinski definition) is 1. The van der Waals surface area contributed by atoms with E-state index in [1.165, 1.54) is 35.6 Å². The molecular weight excluding hydrogens is 407 g/mol. The first-order valence-electron chi connectivity index (χ1n) is 9.62. The Balaban J connectivity index is 1.57. The van der Waals surface area contributed by atoms with E-state index in [2.05, 4.69) is 5.32 Å². The average molecular weight is 428 g/mol. The van der Waals surface area contributed by atoms with Gasteiger partial charge in [0.25, 0.3) is 0 Å². The van der Waals surface area contributed by atoms with Crippen LogP contribution in [0.2, 0.25) is 0 Å². The normalized spacial score (nSPS) is 13.4. The van der Waals surface area contributed by atoms with Gasteiger partial charge in [0, 0.05) is 5.69 Å². The molecule has 0 fully saturated rings. The molecule has 0 aliphatic heterocycles. The van der Waals surface area contributed by atoms with Gasteiger partial charge in [0.05, 0.1) is 19.4 Å². The van der Waals surface area contributed by atoms with E-state index in [4.69, 9.17) is 4.42 Å². The zero-order valence-corrected chi connectivity index (χ0v) is 17.0. The number of rotatable bonds is 7. The van der Waals surface area contributed by atoms with Crippen LogP contribution in [-0.4, -0.2) is 25.2 Å². The molecule has 3 aromatic rings. The summed E-state index contributed by atoms with van der Waals surface area (Å²) in [5.41, 5.74) is 3.08. The maximum Gasteiger partial charge on any atom is 0.246 e. The lowest BCUT2D eigenvalue weighted by molar-refractivity contribution is -0.116. The smallest absolute Gasteiger partial charge is 0.246 e. The van der Waals surface area contributed by atoms with Crippen LogP contribution in [-0.2, 0) is 34.2 Å². The van der Waals surface area contributed by atoms with Crippen LogP contribution in [0.15, 0.2) is 70.2 Å². The van der Waals surface area contributed by atoms with Gasteiger partial charge in [0.1, 0.15) is 16.5 Å². The first-order chi connectivity index (χ1) is 14.4. The van der Waals surface area contributed by atoms with E-state index < -0.39 is 33.2 Å². The van der Waals surface area contributed by atoms with Crippen molar-refractivity contribution in [1.82, 2.24) is 4.31 Å². The molecule has 0 spiro atoms. The van der Waals surface area contributed by atoms with Gasteiger partial charge >= 0.3 is 0 Å². The third-order valence-corrected chi connectivity index (χ3v) is 6.89. The summed E-state index contributed by atoms with van der Waals surface area (Å²) in [4.78, 5) is 12.2. The molecule has 0 saturated carbocycles. The fourth-order valence-corrected chi connectivity index (χ4v) is 5.03. The van der Waals surface area contributed by atoms with E-state index in [-0.39, 0.29) is 6.54 Å². The topological polar surface area (TPSA) is 79.6 Å². The van der Waals surface area contributed by atoms with Crippen LogP contribution in [0.3, 0.4) is 0 Å². The molecule has 1 amide bonds. The summed E-state index contributed by atoms with van der Waals surface area (Å²) < 4.78 is 46.5. The highest BCUT2D eigenvalue weighted by Gasteiger charge is 2.30. The summed E-state index contributed by atoms with van der Waals surface area (Å²) in [6.07, 6.45) is 4.49. The Morgan fingerprint density at radius 3 is 2.63 bits per heavy atom. The molecule has 30 heavy (non-hydrogen) atoms. The molecular formula is C22H21FN2O4S. The Morgan fingerprint density at radius 2 is 1.87 bits per heavy atom. The summed E-state index contributed by atoms with van der Waals surface area (Å²) in [7, 11) is -4.27. The van der Waals surface area contributed by atoms with Gasteiger partial charge in [-0.15, -0.1) is 0 Å². The summed E-state index contributed by atoms with van der Waals surface area (Å²) in [5.74, 6) is -1.04. The van der Waals surface area contributed by atoms with Gasteiger partial charge < -0.3 is 9.73 Å². The Bertz CT molecular complexity index is 1160. The minimum absolute atomic E-state index is 0.193. The number of sulfonamides is 1. The molecule has 0 saturated heterocycles. The molecule has 1 aliphatic carbocycles. The number of furan rings is 1. The highest BCUT2D eigenvalue weighted by Crippen LogP contribution is 2.25. The van der Waals surface area contributed by atoms with E-state index >= 15 is 0 Å². The maximum absolute atomic E-state index is 14.2. The highest BCUT2D eigenvalue weighted by atomic mass is 32.2. The van der Waals surface area contributed by atoms with Crippen molar-refractivity contribution in [2.45, 2.75) is 30.7 Å². The van der Waals surface area contributed by atoms with Crippen molar-refractivity contribution in [1.29, 1.82) is 0 Å². The van der Waals surface area contributed by atoms with Crippen molar-refractivity contribution >= 4 is 21.6 Å². The molecule has 0 unspecified atom stereocenters. The molecule has 1 N–H and O–H groups in total. The molecule has 2 aromatic carbocycles. The van der Waals surface area contributed by atoms with Crippen molar-refractivity contribution in [2.75, 3.05) is 11.9 Å².